The number of hydrogen-bond donors (Lipinski definition) is 0. The van der Waals surface area contributed by atoms with Gasteiger partial charge in [0.15, 0.2) is 11.5 Å². The summed E-state index contributed by atoms with van der Waals surface area (Å²) in [5.74, 6) is 1.52. The SMILES string of the molecule is CCCc1nn2nc(C)n(Cc3ccc(-c4ccccc4-c4nnnn4C(c4ccccc4)(c4ccccc4)c4ccccc4)cc3)c2c1Cl. The van der Waals surface area contributed by atoms with E-state index < -0.39 is 5.54 Å². The lowest BCUT2D eigenvalue weighted by molar-refractivity contribution is 0.451. The number of aromatic nitrogens is 8. The van der Waals surface area contributed by atoms with E-state index in [2.05, 4.69) is 142 Å². The molecular weight excluding hydrogens is 640 g/mol. The molecule has 9 heteroatoms. The van der Waals surface area contributed by atoms with Crippen LogP contribution in [0.15, 0.2) is 140 Å². The van der Waals surface area contributed by atoms with Gasteiger partial charge in [0.25, 0.3) is 0 Å². The van der Waals surface area contributed by atoms with Crippen LogP contribution < -0.4 is 0 Å². The number of fused-ring (bicyclic) bond motifs is 1. The van der Waals surface area contributed by atoms with Crippen LogP contribution in [0.4, 0.5) is 0 Å². The van der Waals surface area contributed by atoms with Gasteiger partial charge in [0.2, 0.25) is 0 Å². The second-order valence-electron chi connectivity index (χ2n) is 12.4. The van der Waals surface area contributed by atoms with Crippen LogP contribution in [0, 0.1) is 6.92 Å². The number of hydrogen-bond acceptors (Lipinski definition) is 5. The van der Waals surface area contributed by atoms with E-state index in [9.17, 15) is 0 Å². The standard InChI is InChI=1S/C41H35ClN8/c1-3-15-37-38(42)40-48(29(2)44-50(40)45-37)28-30-24-26-31(27-25-30)35-22-13-14-23-36(35)39-43-46-47-49(39)41(32-16-7-4-8-17-32,33-18-9-5-10-19-33)34-20-11-6-12-21-34/h4-14,16-27H,3,15,28H2,1-2H3. The fourth-order valence-electron chi connectivity index (χ4n) is 7.04. The van der Waals surface area contributed by atoms with Gasteiger partial charge >= 0.3 is 0 Å². The highest BCUT2D eigenvalue weighted by atomic mass is 35.5. The Bertz CT molecular complexity index is 2280. The molecule has 0 bridgehead atoms. The molecule has 0 aliphatic heterocycles. The quantitative estimate of drug-likeness (QED) is 0.136. The number of aryl methyl sites for hydroxylation is 2. The van der Waals surface area contributed by atoms with E-state index in [0.717, 1.165) is 69.0 Å². The van der Waals surface area contributed by atoms with Crippen molar-refractivity contribution >= 4 is 17.2 Å². The minimum Gasteiger partial charge on any atom is -0.306 e. The zero-order valence-corrected chi connectivity index (χ0v) is 28.6. The molecule has 3 aromatic heterocycles. The van der Waals surface area contributed by atoms with Crippen molar-refractivity contribution in [1.29, 1.82) is 0 Å². The van der Waals surface area contributed by atoms with E-state index in [1.807, 2.05) is 35.9 Å². The molecular formula is C41H35ClN8. The molecule has 0 fully saturated rings. The van der Waals surface area contributed by atoms with Crippen molar-refractivity contribution in [3.05, 3.63) is 178 Å². The summed E-state index contributed by atoms with van der Waals surface area (Å²) in [6, 6.07) is 48.3. The van der Waals surface area contributed by atoms with Gasteiger partial charge in [-0.1, -0.05) is 164 Å². The maximum atomic E-state index is 6.79. The fraction of sp³-hybridized carbons (Fsp3) is 0.146. The van der Waals surface area contributed by atoms with Gasteiger partial charge in [-0.15, -0.1) is 14.8 Å². The third-order valence-corrected chi connectivity index (χ3v) is 9.75. The first-order chi connectivity index (χ1) is 24.6. The molecule has 0 saturated carbocycles. The predicted molar refractivity (Wildman–Crippen MR) is 197 cm³/mol. The Morgan fingerprint density at radius 2 is 1.22 bits per heavy atom. The molecule has 0 unspecified atom stereocenters. The lowest BCUT2D eigenvalue weighted by atomic mass is 9.77. The van der Waals surface area contributed by atoms with Gasteiger partial charge in [0.1, 0.15) is 16.4 Å². The smallest absolute Gasteiger partial charge is 0.184 e. The summed E-state index contributed by atoms with van der Waals surface area (Å²) in [5.41, 5.74) is 8.17. The second-order valence-corrected chi connectivity index (χ2v) is 12.8. The lowest BCUT2D eigenvalue weighted by Crippen LogP contribution is -2.39. The Hall–Kier alpha value is -5.86. The summed E-state index contributed by atoms with van der Waals surface area (Å²) in [6.45, 7) is 4.74. The Morgan fingerprint density at radius 3 is 1.80 bits per heavy atom. The van der Waals surface area contributed by atoms with E-state index in [-0.39, 0.29) is 0 Å². The topological polar surface area (TPSA) is 78.7 Å². The molecule has 0 atom stereocenters. The molecule has 8 aromatic rings. The summed E-state index contributed by atoms with van der Waals surface area (Å²) < 4.78 is 5.77. The van der Waals surface area contributed by atoms with Gasteiger partial charge in [-0.05, 0) is 57.2 Å². The Labute approximate surface area is 295 Å². The zero-order chi connectivity index (χ0) is 34.1. The van der Waals surface area contributed by atoms with Crippen molar-refractivity contribution in [1.82, 2.24) is 39.6 Å². The average Bonchev–Trinajstić information content (AvgIpc) is 3.86. The van der Waals surface area contributed by atoms with E-state index in [0.29, 0.717) is 17.4 Å². The highest BCUT2D eigenvalue weighted by molar-refractivity contribution is 6.34. The molecule has 0 aliphatic carbocycles. The van der Waals surface area contributed by atoms with Gasteiger partial charge in [0, 0.05) is 5.56 Å². The zero-order valence-electron chi connectivity index (χ0n) is 27.9. The van der Waals surface area contributed by atoms with Crippen molar-refractivity contribution in [3.63, 3.8) is 0 Å². The molecule has 8 nitrogen and oxygen atoms in total. The van der Waals surface area contributed by atoms with Gasteiger partial charge in [-0.25, -0.2) is 4.68 Å². The summed E-state index contributed by atoms with van der Waals surface area (Å²) in [6.07, 6.45) is 1.79. The van der Waals surface area contributed by atoms with Crippen LogP contribution in [-0.2, 0) is 18.5 Å². The van der Waals surface area contributed by atoms with Crippen LogP contribution in [0.2, 0.25) is 5.02 Å². The first-order valence-electron chi connectivity index (χ1n) is 16.8. The molecule has 0 radical (unpaired) electrons. The van der Waals surface area contributed by atoms with Gasteiger partial charge in [0.05, 0.1) is 12.2 Å². The largest absolute Gasteiger partial charge is 0.306 e. The number of halogens is 1. The highest BCUT2D eigenvalue weighted by Crippen LogP contribution is 2.43. The molecule has 0 saturated heterocycles. The Morgan fingerprint density at radius 1 is 0.660 bits per heavy atom. The molecule has 8 rings (SSSR count). The molecule has 3 heterocycles. The van der Waals surface area contributed by atoms with Gasteiger partial charge in [-0.3, -0.25) is 0 Å². The molecule has 50 heavy (non-hydrogen) atoms. The van der Waals surface area contributed by atoms with Crippen LogP contribution in [0.25, 0.3) is 28.2 Å². The minimum absolute atomic E-state index is 0.625. The molecule has 0 amide bonds. The second kappa shape index (κ2) is 13.2. The highest BCUT2D eigenvalue weighted by Gasteiger charge is 2.42. The van der Waals surface area contributed by atoms with Crippen molar-refractivity contribution in [2.75, 3.05) is 0 Å². The summed E-state index contributed by atoms with van der Waals surface area (Å²) in [7, 11) is 0. The maximum absolute atomic E-state index is 6.79. The first kappa shape index (κ1) is 31.4. The van der Waals surface area contributed by atoms with E-state index in [1.165, 1.54) is 0 Å². The summed E-state index contributed by atoms with van der Waals surface area (Å²) >= 11 is 6.79. The van der Waals surface area contributed by atoms with Crippen LogP contribution in [-0.4, -0.2) is 39.6 Å². The summed E-state index contributed by atoms with van der Waals surface area (Å²) in [4.78, 5) is 0. The van der Waals surface area contributed by atoms with E-state index >= 15 is 0 Å². The molecule has 0 aliphatic rings. The van der Waals surface area contributed by atoms with Gasteiger partial charge < -0.3 is 4.57 Å². The van der Waals surface area contributed by atoms with Crippen molar-refractivity contribution < 1.29 is 0 Å². The van der Waals surface area contributed by atoms with Crippen LogP contribution in [0.5, 0.6) is 0 Å². The van der Waals surface area contributed by atoms with Crippen molar-refractivity contribution in [2.45, 2.75) is 38.8 Å². The number of tetrazole rings is 1. The van der Waals surface area contributed by atoms with Crippen LogP contribution in [0.3, 0.4) is 0 Å². The third-order valence-electron chi connectivity index (χ3n) is 9.36. The Kier molecular flexibility index (Phi) is 8.30. The lowest BCUT2D eigenvalue weighted by Gasteiger charge is -2.36. The van der Waals surface area contributed by atoms with Crippen LogP contribution >= 0.6 is 11.6 Å². The Balaban J connectivity index is 1.23. The van der Waals surface area contributed by atoms with Gasteiger partial charge in [-0.2, -0.15) is 5.10 Å². The number of benzene rings is 5. The molecule has 0 N–H and O–H groups in total. The molecule has 0 spiro atoms. The molecule has 5 aromatic carbocycles. The number of nitrogens with zero attached hydrogens (tertiary/aromatic N) is 8. The fourth-order valence-corrected chi connectivity index (χ4v) is 7.35. The maximum Gasteiger partial charge on any atom is 0.184 e. The third kappa shape index (κ3) is 5.29. The first-order valence-corrected chi connectivity index (χ1v) is 17.2. The molecule has 246 valence electrons. The van der Waals surface area contributed by atoms with E-state index in [4.69, 9.17) is 21.9 Å². The average molecular weight is 675 g/mol. The minimum atomic E-state index is -0.848. The van der Waals surface area contributed by atoms with Crippen molar-refractivity contribution in [2.24, 2.45) is 0 Å². The summed E-state index contributed by atoms with van der Waals surface area (Å²) in [5, 5.41) is 23.7. The predicted octanol–water partition coefficient (Wildman–Crippen LogP) is 8.65. The number of rotatable bonds is 10. The van der Waals surface area contributed by atoms with E-state index in [1.54, 1.807) is 4.63 Å². The van der Waals surface area contributed by atoms with Crippen molar-refractivity contribution in [3.8, 4) is 22.5 Å². The monoisotopic (exact) mass is 674 g/mol. The normalized spacial score (nSPS) is 11.7. The van der Waals surface area contributed by atoms with Crippen LogP contribution in [0.1, 0.15) is 47.1 Å².